The van der Waals surface area contributed by atoms with Crippen molar-refractivity contribution in [2.24, 2.45) is 5.73 Å². The first-order valence-corrected chi connectivity index (χ1v) is 7.16. The van der Waals surface area contributed by atoms with E-state index in [1.807, 2.05) is 18.2 Å². The van der Waals surface area contributed by atoms with Gasteiger partial charge in [0.2, 0.25) is 5.92 Å². The minimum atomic E-state index is -2.56. The van der Waals surface area contributed by atoms with E-state index in [-0.39, 0.29) is 25.0 Å². The molecule has 0 amide bonds. The second-order valence-corrected chi connectivity index (χ2v) is 6.88. The number of hydrogen-bond donors (Lipinski definition) is 1. The molecule has 0 atom stereocenters. The Morgan fingerprint density at radius 2 is 1.95 bits per heavy atom. The van der Waals surface area contributed by atoms with Crippen LogP contribution in [0.25, 0.3) is 0 Å². The lowest BCUT2D eigenvalue weighted by atomic mass is 9.62. The number of aryl methyl sites for hydroxylation is 1. The molecule has 0 unspecified atom stereocenters. The number of rotatable bonds is 2. The van der Waals surface area contributed by atoms with Crippen LogP contribution in [0.3, 0.4) is 0 Å². The minimum absolute atomic E-state index is 0.137. The molecule has 0 aromatic heterocycles. The summed E-state index contributed by atoms with van der Waals surface area (Å²) in [6, 6.07) is 5.84. The molecule has 1 fully saturated rings. The summed E-state index contributed by atoms with van der Waals surface area (Å²) in [7, 11) is 0. The fraction of sp³-hybridized carbons (Fsp3) is 0.625. The van der Waals surface area contributed by atoms with Crippen molar-refractivity contribution in [3.05, 3.63) is 29.3 Å². The van der Waals surface area contributed by atoms with Crippen molar-refractivity contribution in [2.45, 2.75) is 56.5 Å². The van der Waals surface area contributed by atoms with Gasteiger partial charge in [0.25, 0.3) is 0 Å². The van der Waals surface area contributed by atoms with Gasteiger partial charge in [-0.3, -0.25) is 0 Å². The third-order valence-corrected chi connectivity index (χ3v) is 4.64. The third kappa shape index (κ3) is 2.20. The number of nitrogens with two attached hydrogens (primary N) is 1. The van der Waals surface area contributed by atoms with E-state index in [1.165, 1.54) is 0 Å². The summed E-state index contributed by atoms with van der Waals surface area (Å²) < 4.78 is 32.5. The predicted molar refractivity (Wildman–Crippen MR) is 74.4 cm³/mol. The van der Waals surface area contributed by atoms with Crippen LogP contribution in [0.5, 0.6) is 5.75 Å². The highest BCUT2D eigenvalue weighted by molar-refractivity contribution is 5.43. The minimum Gasteiger partial charge on any atom is -0.488 e. The second kappa shape index (κ2) is 4.17. The molecule has 1 aromatic carbocycles. The lowest BCUT2D eigenvalue weighted by Gasteiger charge is -2.47. The first kappa shape index (κ1) is 13.8. The quantitative estimate of drug-likeness (QED) is 0.901. The summed E-state index contributed by atoms with van der Waals surface area (Å²) in [5.41, 5.74) is 7.13. The summed E-state index contributed by atoms with van der Waals surface area (Å²) in [4.78, 5) is 0. The van der Waals surface area contributed by atoms with Crippen LogP contribution >= 0.6 is 0 Å². The Kier molecular flexibility index (Phi) is 2.88. The second-order valence-electron chi connectivity index (χ2n) is 6.88. The Labute approximate surface area is 118 Å². The molecular weight excluding hydrogens is 260 g/mol. The van der Waals surface area contributed by atoms with Crippen LogP contribution in [0.2, 0.25) is 0 Å². The average Bonchev–Trinajstić information content (AvgIpc) is 2.33. The average molecular weight is 281 g/mol. The summed E-state index contributed by atoms with van der Waals surface area (Å²) in [6.07, 6.45) is 1.59. The summed E-state index contributed by atoms with van der Waals surface area (Å²) >= 11 is 0. The highest BCUT2D eigenvalue weighted by Crippen LogP contribution is 2.53. The number of alkyl halides is 2. The molecule has 0 bridgehead atoms. The Bertz CT molecular complexity index is 531. The lowest BCUT2D eigenvalue weighted by Crippen LogP contribution is -2.53. The molecule has 20 heavy (non-hydrogen) atoms. The van der Waals surface area contributed by atoms with Gasteiger partial charge < -0.3 is 10.5 Å². The van der Waals surface area contributed by atoms with E-state index in [1.54, 1.807) is 0 Å². The van der Waals surface area contributed by atoms with Crippen molar-refractivity contribution in [3.63, 3.8) is 0 Å². The smallest absolute Gasteiger partial charge is 0.250 e. The molecule has 0 saturated heterocycles. The normalized spacial score (nSPS) is 25.2. The maximum absolute atomic E-state index is 13.3. The van der Waals surface area contributed by atoms with Crippen LogP contribution in [0, 0.1) is 0 Å². The molecule has 0 spiro atoms. The van der Waals surface area contributed by atoms with Gasteiger partial charge in [-0.2, -0.15) is 0 Å². The van der Waals surface area contributed by atoms with Crippen LogP contribution in [-0.2, 0) is 11.8 Å². The number of halogens is 2. The van der Waals surface area contributed by atoms with E-state index >= 15 is 0 Å². The van der Waals surface area contributed by atoms with Crippen LogP contribution in [-0.4, -0.2) is 18.1 Å². The van der Waals surface area contributed by atoms with Gasteiger partial charge in [-0.05, 0) is 43.9 Å². The van der Waals surface area contributed by atoms with Gasteiger partial charge in [0.15, 0.2) is 0 Å². The fourth-order valence-electron chi connectivity index (χ4n) is 3.39. The van der Waals surface area contributed by atoms with Crippen LogP contribution in [0.1, 0.15) is 44.2 Å². The summed E-state index contributed by atoms with van der Waals surface area (Å²) in [6.45, 7) is 4.41. The topological polar surface area (TPSA) is 35.2 Å². The molecule has 4 heteroatoms. The van der Waals surface area contributed by atoms with E-state index in [0.717, 1.165) is 29.7 Å². The van der Waals surface area contributed by atoms with E-state index in [9.17, 15) is 8.78 Å². The first-order valence-electron chi connectivity index (χ1n) is 7.16. The van der Waals surface area contributed by atoms with Crippen molar-refractivity contribution in [3.8, 4) is 5.75 Å². The SMILES string of the molecule is CC1(C)CCc2cc(C3(CN)CC(F)(F)C3)ccc2O1. The van der Waals surface area contributed by atoms with E-state index in [0.29, 0.717) is 0 Å². The van der Waals surface area contributed by atoms with Crippen LogP contribution in [0.4, 0.5) is 8.78 Å². The molecule has 2 aliphatic rings. The highest BCUT2D eigenvalue weighted by atomic mass is 19.3. The molecule has 1 saturated carbocycles. The zero-order chi connectivity index (χ0) is 14.6. The van der Waals surface area contributed by atoms with Crippen LogP contribution in [0.15, 0.2) is 18.2 Å². The molecule has 2 N–H and O–H groups in total. The molecule has 1 aliphatic heterocycles. The third-order valence-electron chi connectivity index (χ3n) is 4.64. The van der Waals surface area contributed by atoms with Gasteiger partial charge in [-0.15, -0.1) is 0 Å². The van der Waals surface area contributed by atoms with E-state index in [2.05, 4.69) is 13.8 Å². The summed E-state index contributed by atoms with van der Waals surface area (Å²) in [5, 5.41) is 0. The van der Waals surface area contributed by atoms with Gasteiger partial charge in [0.1, 0.15) is 11.4 Å². The monoisotopic (exact) mass is 281 g/mol. The van der Waals surface area contributed by atoms with Gasteiger partial charge in [0, 0.05) is 24.8 Å². The molecular formula is C16H21F2NO. The number of benzene rings is 1. The number of hydrogen-bond acceptors (Lipinski definition) is 2. The zero-order valence-electron chi connectivity index (χ0n) is 12.0. The largest absolute Gasteiger partial charge is 0.488 e. The van der Waals surface area contributed by atoms with Gasteiger partial charge in [0.05, 0.1) is 0 Å². The summed E-state index contributed by atoms with van der Waals surface area (Å²) in [5.74, 6) is -1.68. The Morgan fingerprint density at radius 1 is 1.25 bits per heavy atom. The van der Waals surface area contributed by atoms with Crippen LogP contribution < -0.4 is 10.5 Å². The molecule has 3 rings (SSSR count). The molecule has 2 nitrogen and oxygen atoms in total. The molecule has 0 radical (unpaired) electrons. The first-order chi connectivity index (χ1) is 9.25. The van der Waals surface area contributed by atoms with Gasteiger partial charge >= 0.3 is 0 Å². The number of ether oxygens (including phenoxy) is 1. The maximum Gasteiger partial charge on any atom is 0.250 e. The molecule has 110 valence electrons. The Balaban J connectivity index is 1.90. The van der Waals surface area contributed by atoms with Crippen molar-refractivity contribution >= 4 is 0 Å². The van der Waals surface area contributed by atoms with Crippen molar-refractivity contribution in [1.29, 1.82) is 0 Å². The lowest BCUT2D eigenvalue weighted by molar-refractivity contribution is -0.123. The highest BCUT2D eigenvalue weighted by Gasteiger charge is 2.56. The maximum atomic E-state index is 13.3. The van der Waals surface area contributed by atoms with E-state index < -0.39 is 11.3 Å². The molecule has 1 aliphatic carbocycles. The fourth-order valence-corrected chi connectivity index (χ4v) is 3.39. The van der Waals surface area contributed by atoms with Gasteiger partial charge in [-0.25, -0.2) is 8.78 Å². The van der Waals surface area contributed by atoms with Crippen molar-refractivity contribution < 1.29 is 13.5 Å². The van der Waals surface area contributed by atoms with Gasteiger partial charge in [-0.1, -0.05) is 12.1 Å². The molecule has 1 aromatic rings. The van der Waals surface area contributed by atoms with Crippen molar-refractivity contribution in [2.75, 3.05) is 6.54 Å². The standard InChI is InChI=1S/C16H21F2NO/c1-14(2)6-5-11-7-12(3-4-13(11)20-14)15(10-19)8-16(17,18)9-15/h3-4,7H,5-6,8-10,19H2,1-2H3. The van der Waals surface area contributed by atoms with Crippen molar-refractivity contribution in [1.82, 2.24) is 0 Å². The molecule has 1 heterocycles. The predicted octanol–water partition coefficient (Wildman–Crippen LogP) is 3.42. The number of fused-ring (bicyclic) bond motifs is 1. The Hall–Kier alpha value is -1.16. The zero-order valence-corrected chi connectivity index (χ0v) is 12.0. The Morgan fingerprint density at radius 3 is 2.55 bits per heavy atom. The van der Waals surface area contributed by atoms with E-state index in [4.69, 9.17) is 10.5 Å².